The summed E-state index contributed by atoms with van der Waals surface area (Å²) in [6.45, 7) is 1.72. The summed E-state index contributed by atoms with van der Waals surface area (Å²) in [6.07, 6.45) is -0.100. The Kier molecular flexibility index (Phi) is 4.26. The van der Waals surface area contributed by atoms with Crippen molar-refractivity contribution in [1.29, 1.82) is 0 Å². The molecule has 4 aromatic heterocycles. The fraction of sp³-hybridized carbons (Fsp3) is 0.188. The monoisotopic (exact) mass is 411 g/mol. The standard InChI is InChI=1S/C16H10ClF4N7/c1-7-22-4-8(5-23-7)2-11-12-10(18)3-9(17)6-28(12)14(24-11)13-25-15(27-26-13)16(19,20)21/h3-6H,2H2,1H3,(H,25,26,27). The molecule has 0 spiro atoms. The molecule has 0 aromatic carbocycles. The predicted molar refractivity (Wildman–Crippen MR) is 90.1 cm³/mol. The maximum Gasteiger partial charge on any atom is 0.453 e. The van der Waals surface area contributed by atoms with E-state index in [1.165, 1.54) is 10.6 Å². The van der Waals surface area contributed by atoms with E-state index in [4.69, 9.17) is 11.6 Å². The van der Waals surface area contributed by atoms with Gasteiger partial charge in [0.05, 0.1) is 10.7 Å². The third kappa shape index (κ3) is 3.28. The van der Waals surface area contributed by atoms with Gasteiger partial charge in [0.15, 0.2) is 17.5 Å². The topological polar surface area (TPSA) is 84.6 Å². The number of pyridine rings is 1. The van der Waals surface area contributed by atoms with Crippen molar-refractivity contribution in [3.8, 4) is 11.6 Å². The molecular weight excluding hydrogens is 402 g/mol. The van der Waals surface area contributed by atoms with Crippen molar-refractivity contribution >= 4 is 17.1 Å². The van der Waals surface area contributed by atoms with Crippen LogP contribution in [0.1, 0.15) is 22.9 Å². The molecule has 7 nitrogen and oxygen atoms in total. The van der Waals surface area contributed by atoms with E-state index in [2.05, 4.69) is 30.1 Å². The molecule has 0 aliphatic heterocycles. The van der Waals surface area contributed by atoms with Gasteiger partial charge in [-0.1, -0.05) is 11.6 Å². The molecule has 0 aliphatic rings. The molecule has 4 rings (SSSR count). The molecule has 12 heteroatoms. The molecular formula is C16H10ClF4N7. The molecule has 0 fully saturated rings. The highest BCUT2D eigenvalue weighted by Gasteiger charge is 2.36. The Morgan fingerprint density at radius 1 is 1.18 bits per heavy atom. The number of nitrogens with one attached hydrogen (secondary N) is 1. The summed E-state index contributed by atoms with van der Waals surface area (Å²) in [5.41, 5.74) is 0.978. The number of hydrogen-bond donors (Lipinski definition) is 1. The van der Waals surface area contributed by atoms with Crippen LogP contribution in [0.15, 0.2) is 24.7 Å². The van der Waals surface area contributed by atoms with Gasteiger partial charge in [0.2, 0.25) is 0 Å². The second-order valence-corrected chi connectivity index (χ2v) is 6.36. The number of fused-ring (bicyclic) bond motifs is 1. The molecule has 4 aromatic rings. The van der Waals surface area contributed by atoms with Gasteiger partial charge in [-0.3, -0.25) is 9.50 Å². The van der Waals surface area contributed by atoms with Crippen molar-refractivity contribution in [3.05, 3.63) is 58.4 Å². The quantitative estimate of drug-likeness (QED) is 0.520. The molecule has 0 unspecified atom stereocenters. The van der Waals surface area contributed by atoms with Gasteiger partial charge < -0.3 is 0 Å². The average Bonchev–Trinajstić information content (AvgIpc) is 3.22. The minimum atomic E-state index is -4.73. The largest absolute Gasteiger partial charge is 0.453 e. The van der Waals surface area contributed by atoms with Crippen LogP contribution in [-0.2, 0) is 12.6 Å². The molecule has 1 N–H and O–H groups in total. The third-order valence-electron chi connectivity index (χ3n) is 3.88. The van der Waals surface area contributed by atoms with Crippen LogP contribution >= 0.6 is 11.6 Å². The minimum absolute atomic E-state index is 0.0458. The van der Waals surface area contributed by atoms with Gasteiger partial charge in [-0.15, -0.1) is 5.10 Å². The van der Waals surface area contributed by atoms with Crippen LogP contribution < -0.4 is 0 Å². The number of halogens is 5. The second kappa shape index (κ2) is 6.51. The number of H-pyrrole nitrogens is 1. The zero-order valence-electron chi connectivity index (χ0n) is 14.1. The average molecular weight is 412 g/mol. The fourth-order valence-corrected chi connectivity index (χ4v) is 2.88. The molecule has 0 saturated heterocycles. The van der Waals surface area contributed by atoms with E-state index >= 15 is 0 Å². The molecule has 4 heterocycles. The Hall–Kier alpha value is -3.08. The summed E-state index contributed by atoms with van der Waals surface area (Å²) in [6, 6.07) is 1.10. The van der Waals surface area contributed by atoms with Crippen LogP contribution in [0.4, 0.5) is 17.6 Å². The van der Waals surface area contributed by atoms with Crippen molar-refractivity contribution in [2.45, 2.75) is 19.5 Å². The SMILES string of the molecule is Cc1ncc(Cc2nc(-c3nc(C(F)(F)F)n[nH]3)n3cc(Cl)cc(F)c23)cn1. The summed E-state index contributed by atoms with van der Waals surface area (Å²) >= 11 is 5.91. The van der Waals surface area contributed by atoms with Crippen LogP contribution in [0.5, 0.6) is 0 Å². The summed E-state index contributed by atoms with van der Waals surface area (Å²) in [5, 5.41) is 5.39. The number of hydrogen-bond acceptors (Lipinski definition) is 5. The Bertz CT molecular complexity index is 1160. The Labute approximate surface area is 159 Å². The highest BCUT2D eigenvalue weighted by molar-refractivity contribution is 6.30. The lowest BCUT2D eigenvalue weighted by Gasteiger charge is -2.02. The first kappa shape index (κ1) is 18.3. The van der Waals surface area contributed by atoms with Crippen molar-refractivity contribution in [1.82, 2.24) is 34.5 Å². The zero-order chi connectivity index (χ0) is 20.1. The Balaban J connectivity index is 1.87. The fourth-order valence-electron chi connectivity index (χ4n) is 2.69. The Morgan fingerprint density at radius 2 is 1.89 bits per heavy atom. The van der Waals surface area contributed by atoms with E-state index in [1.54, 1.807) is 19.3 Å². The first-order chi connectivity index (χ1) is 13.2. The van der Waals surface area contributed by atoms with Gasteiger partial charge in [0.1, 0.15) is 11.3 Å². The zero-order valence-corrected chi connectivity index (χ0v) is 14.8. The molecule has 0 atom stereocenters. The first-order valence-electron chi connectivity index (χ1n) is 7.86. The number of nitrogens with zero attached hydrogens (tertiary/aromatic N) is 6. The van der Waals surface area contributed by atoms with Crippen molar-refractivity contribution in [2.75, 3.05) is 0 Å². The number of imidazole rings is 1. The first-order valence-corrected chi connectivity index (χ1v) is 8.23. The normalized spacial score (nSPS) is 12.1. The third-order valence-corrected chi connectivity index (χ3v) is 4.09. The van der Waals surface area contributed by atoms with E-state index in [0.717, 1.165) is 6.07 Å². The lowest BCUT2D eigenvalue weighted by Crippen LogP contribution is -2.07. The van der Waals surface area contributed by atoms with Crippen LogP contribution in [-0.4, -0.2) is 34.5 Å². The maximum atomic E-state index is 14.6. The number of rotatable bonds is 3. The van der Waals surface area contributed by atoms with Crippen LogP contribution in [0, 0.1) is 12.7 Å². The summed E-state index contributed by atoms with van der Waals surface area (Å²) < 4.78 is 54.3. The van der Waals surface area contributed by atoms with Crippen LogP contribution in [0.2, 0.25) is 5.02 Å². The second-order valence-electron chi connectivity index (χ2n) is 5.93. The summed E-state index contributed by atoms with van der Waals surface area (Å²) in [7, 11) is 0. The van der Waals surface area contributed by atoms with Crippen molar-refractivity contribution in [3.63, 3.8) is 0 Å². The lowest BCUT2D eigenvalue weighted by atomic mass is 10.1. The molecule has 0 amide bonds. The molecule has 0 aliphatic carbocycles. The van der Waals surface area contributed by atoms with E-state index < -0.39 is 17.8 Å². The highest BCUT2D eigenvalue weighted by atomic mass is 35.5. The van der Waals surface area contributed by atoms with Gasteiger partial charge in [-0.2, -0.15) is 13.2 Å². The van der Waals surface area contributed by atoms with Gasteiger partial charge in [-0.05, 0) is 18.6 Å². The van der Waals surface area contributed by atoms with E-state index in [0.29, 0.717) is 11.4 Å². The van der Waals surface area contributed by atoms with Gasteiger partial charge in [-0.25, -0.2) is 24.3 Å². The maximum absolute atomic E-state index is 14.6. The summed E-state index contributed by atoms with van der Waals surface area (Å²) in [5.74, 6) is -1.78. The summed E-state index contributed by atoms with van der Waals surface area (Å²) in [4.78, 5) is 15.9. The molecule has 0 bridgehead atoms. The molecule has 0 radical (unpaired) electrons. The van der Waals surface area contributed by atoms with Crippen molar-refractivity contribution in [2.24, 2.45) is 0 Å². The molecule has 144 valence electrons. The van der Waals surface area contributed by atoms with E-state index in [9.17, 15) is 17.6 Å². The Morgan fingerprint density at radius 3 is 2.54 bits per heavy atom. The van der Waals surface area contributed by atoms with Gasteiger partial charge in [0, 0.05) is 25.0 Å². The van der Waals surface area contributed by atoms with Crippen LogP contribution in [0.3, 0.4) is 0 Å². The number of aromatic nitrogens is 7. The van der Waals surface area contributed by atoms with E-state index in [-0.39, 0.29) is 34.3 Å². The van der Waals surface area contributed by atoms with Gasteiger partial charge in [0.25, 0.3) is 5.82 Å². The highest BCUT2D eigenvalue weighted by Crippen LogP contribution is 2.30. The smallest absolute Gasteiger partial charge is 0.293 e. The lowest BCUT2D eigenvalue weighted by molar-refractivity contribution is -0.144. The number of alkyl halides is 3. The van der Waals surface area contributed by atoms with Gasteiger partial charge >= 0.3 is 6.18 Å². The van der Waals surface area contributed by atoms with Crippen molar-refractivity contribution < 1.29 is 17.6 Å². The number of aromatic amines is 1. The number of aryl methyl sites for hydroxylation is 1. The molecule has 28 heavy (non-hydrogen) atoms. The predicted octanol–water partition coefficient (Wildman–Crippen LogP) is 3.62. The van der Waals surface area contributed by atoms with Crippen LogP contribution in [0.25, 0.3) is 17.2 Å². The van der Waals surface area contributed by atoms with E-state index in [1.807, 2.05) is 0 Å². The molecule has 0 saturated carbocycles. The minimum Gasteiger partial charge on any atom is -0.293 e.